The normalized spacial score (nSPS) is 62.5. The average molecular weight is 417 g/mol. The van der Waals surface area contributed by atoms with Gasteiger partial charge in [0.25, 0.3) is 0 Å². The highest BCUT2D eigenvalue weighted by Gasteiger charge is 2.69. The largest absolute Gasteiger partial charge is 0.393 e. The van der Waals surface area contributed by atoms with Crippen molar-refractivity contribution in [1.29, 1.82) is 0 Å². The van der Waals surface area contributed by atoms with Crippen LogP contribution in [0.25, 0.3) is 0 Å². The lowest BCUT2D eigenvalue weighted by atomic mass is 9.44. The van der Waals surface area contributed by atoms with Crippen LogP contribution in [0.1, 0.15) is 91.9 Å². The summed E-state index contributed by atoms with van der Waals surface area (Å²) in [5.41, 5.74) is 0.899. The van der Waals surface area contributed by atoms with Crippen molar-refractivity contribution >= 4 is 0 Å². The summed E-state index contributed by atoms with van der Waals surface area (Å²) in [4.78, 5) is 0. The molecule has 170 valence electrons. The molecule has 1 spiro atoms. The van der Waals surface area contributed by atoms with E-state index < -0.39 is 0 Å². The van der Waals surface area contributed by atoms with Crippen molar-refractivity contribution in [3.63, 3.8) is 0 Å². The minimum atomic E-state index is -0.282. The molecule has 0 amide bonds. The fraction of sp³-hybridized carbons (Fsp3) is 1.00. The molecule has 4 aliphatic carbocycles. The molecular formula is C27H44O3. The minimum absolute atomic E-state index is 0.0389. The molecule has 6 rings (SSSR count). The highest BCUT2D eigenvalue weighted by atomic mass is 16.7. The lowest BCUT2D eigenvalue weighted by Crippen LogP contribution is -2.55. The molecule has 30 heavy (non-hydrogen) atoms. The first-order chi connectivity index (χ1) is 14.3. The highest BCUT2D eigenvalue weighted by molar-refractivity contribution is 5.15. The molecule has 5 unspecified atom stereocenters. The molecule has 6 aliphatic rings. The molecule has 4 saturated carbocycles. The maximum atomic E-state index is 10.3. The van der Waals surface area contributed by atoms with Gasteiger partial charge in [0, 0.05) is 12.3 Å². The van der Waals surface area contributed by atoms with E-state index in [1.165, 1.54) is 44.9 Å². The van der Waals surface area contributed by atoms with Gasteiger partial charge in [0.2, 0.25) is 0 Å². The van der Waals surface area contributed by atoms with Gasteiger partial charge < -0.3 is 14.6 Å². The first-order valence-corrected chi connectivity index (χ1v) is 13.3. The summed E-state index contributed by atoms with van der Waals surface area (Å²) in [6.45, 7) is 10.9. The SMILES string of the molecule is CC1C2C(C[C@H]3[C@@H]4CC[C@@H]5C[C@@H](O)CC[C@]5(C)[C@H]4CCC23C)OC12CC[C@H](C)CO2. The van der Waals surface area contributed by atoms with Crippen LogP contribution in [-0.4, -0.2) is 29.7 Å². The molecule has 2 heterocycles. The first kappa shape index (κ1) is 20.5. The summed E-state index contributed by atoms with van der Waals surface area (Å²) in [5, 5.41) is 10.3. The van der Waals surface area contributed by atoms with E-state index in [9.17, 15) is 5.11 Å². The zero-order valence-electron chi connectivity index (χ0n) is 19.7. The fourth-order valence-electron chi connectivity index (χ4n) is 10.3. The Balaban J connectivity index is 1.26. The van der Waals surface area contributed by atoms with Gasteiger partial charge in [-0.05, 0) is 104 Å². The van der Waals surface area contributed by atoms with Crippen LogP contribution in [0.4, 0.5) is 0 Å². The number of aliphatic hydroxyl groups is 1. The summed E-state index contributed by atoms with van der Waals surface area (Å²) < 4.78 is 13.4. The van der Waals surface area contributed by atoms with Crippen molar-refractivity contribution in [3.05, 3.63) is 0 Å². The van der Waals surface area contributed by atoms with E-state index in [-0.39, 0.29) is 11.9 Å². The van der Waals surface area contributed by atoms with Crippen molar-refractivity contribution in [1.82, 2.24) is 0 Å². The van der Waals surface area contributed by atoms with Crippen molar-refractivity contribution in [3.8, 4) is 0 Å². The Morgan fingerprint density at radius 1 is 0.833 bits per heavy atom. The van der Waals surface area contributed by atoms with Gasteiger partial charge >= 0.3 is 0 Å². The molecule has 12 atom stereocenters. The van der Waals surface area contributed by atoms with E-state index in [0.29, 0.717) is 34.7 Å². The Kier molecular flexibility index (Phi) is 4.58. The lowest BCUT2D eigenvalue weighted by Gasteiger charge is -2.61. The number of fused-ring (bicyclic) bond motifs is 7. The van der Waals surface area contributed by atoms with E-state index >= 15 is 0 Å². The average Bonchev–Trinajstić information content (AvgIpc) is 3.16. The summed E-state index contributed by atoms with van der Waals surface area (Å²) in [6, 6.07) is 0. The van der Waals surface area contributed by atoms with Gasteiger partial charge in [-0.25, -0.2) is 0 Å². The van der Waals surface area contributed by atoms with Crippen LogP contribution in [0.2, 0.25) is 0 Å². The standard InChI is InChI=1S/C27H44O3/c1-16-7-12-27(29-15-16)17(2)24-23(30-27)14-22-20-6-5-18-13-19(28)8-10-25(18,3)21(20)9-11-26(22,24)4/h16-24,28H,5-15H2,1-4H3/t16-,17?,18+,19-,20+,21-,22-,23?,24?,25-,26?,27?/m0/s1. The zero-order valence-corrected chi connectivity index (χ0v) is 19.7. The third-order valence-electron chi connectivity index (χ3n) is 11.9. The zero-order chi connectivity index (χ0) is 20.9. The van der Waals surface area contributed by atoms with E-state index in [2.05, 4.69) is 27.7 Å². The quantitative estimate of drug-likeness (QED) is 0.543. The van der Waals surface area contributed by atoms with Crippen LogP contribution in [0.3, 0.4) is 0 Å². The van der Waals surface area contributed by atoms with Gasteiger partial charge in [-0.3, -0.25) is 0 Å². The van der Waals surface area contributed by atoms with Gasteiger partial charge in [-0.2, -0.15) is 0 Å². The Morgan fingerprint density at radius 2 is 1.63 bits per heavy atom. The van der Waals surface area contributed by atoms with E-state index in [1.54, 1.807) is 0 Å². The predicted molar refractivity (Wildman–Crippen MR) is 118 cm³/mol. The van der Waals surface area contributed by atoms with Crippen molar-refractivity contribution in [2.24, 2.45) is 52.3 Å². The Labute approximate surface area is 183 Å². The Bertz CT molecular complexity index is 684. The number of hydrogen-bond acceptors (Lipinski definition) is 3. The summed E-state index contributed by atoms with van der Waals surface area (Å²) in [6.07, 6.45) is 12.9. The van der Waals surface area contributed by atoms with Gasteiger partial charge in [-0.1, -0.05) is 27.7 Å². The van der Waals surface area contributed by atoms with Gasteiger partial charge in [0.1, 0.15) is 0 Å². The molecule has 2 aliphatic heterocycles. The third-order valence-corrected chi connectivity index (χ3v) is 11.9. The molecule has 0 radical (unpaired) electrons. The van der Waals surface area contributed by atoms with Gasteiger partial charge in [0.05, 0.1) is 18.8 Å². The molecular weight excluding hydrogens is 372 g/mol. The maximum absolute atomic E-state index is 10.3. The minimum Gasteiger partial charge on any atom is -0.393 e. The van der Waals surface area contributed by atoms with Gasteiger partial charge in [0.15, 0.2) is 5.79 Å². The van der Waals surface area contributed by atoms with Gasteiger partial charge in [-0.15, -0.1) is 0 Å². The Hall–Kier alpha value is -0.120. The molecule has 3 nitrogen and oxygen atoms in total. The molecule has 1 N–H and O–H groups in total. The smallest absolute Gasteiger partial charge is 0.171 e. The Morgan fingerprint density at radius 3 is 2.40 bits per heavy atom. The molecule has 0 aromatic rings. The monoisotopic (exact) mass is 416 g/mol. The number of ether oxygens (including phenoxy) is 2. The van der Waals surface area contributed by atoms with Crippen LogP contribution in [0.5, 0.6) is 0 Å². The van der Waals surface area contributed by atoms with Crippen LogP contribution < -0.4 is 0 Å². The molecule has 0 aromatic carbocycles. The summed E-state index contributed by atoms with van der Waals surface area (Å²) in [5.74, 6) is 4.93. The second-order valence-electron chi connectivity index (χ2n) is 13.1. The van der Waals surface area contributed by atoms with E-state index in [1.807, 2.05) is 0 Å². The number of rotatable bonds is 0. The third kappa shape index (κ3) is 2.61. The predicted octanol–water partition coefficient (Wildman–Crippen LogP) is 5.79. The fourth-order valence-corrected chi connectivity index (χ4v) is 10.3. The first-order valence-electron chi connectivity index (χ1n) is 13.3. The highest BCUT2D eigenvalue weighted by Crippen LogP contribution is 2.71. The molecule has 0 bridgehead atoms. The number of hydrogen-bond donors (Lipinski definition) is 1. The lowest BCUT2D eigenvalue weighted by molar-refractivity contribution is -0.273. The van der Waals surface area contributed by atoms with Crippen LogP contribution in [0.15, 0.2) is 0 Å². The summed E-state index contributed by atoms with van der Waals surface area (Å²) >= 11 is 0. The van der Waals surface area contributed by atoms with Crippen molar-refractivity contribution in [2.75, 3.05) is 6.61 Å². The topological polar surface area (TPSA) is 38.7 Å². The second-order valence-corrected chi connectivity index (χ2v) is 13.1. The second kappa shape index (κ2) is 6.70. The van der Waals surface area contributed by atoms with Crippen LogP contribution >= 0.6 is 0 Å². The molecule has 2 saturated heterocycles. The molecule has 6 fully saturated rings. The molecule has 3 heteroatoms. The van der Waals surface area contributed by atoms with Crippen molar-refractivity contribution < 1.29 is 14.6 Å². The maximum Gasteiger partial charge on any atom is 0.171 e. The number of aliphatic hydroxyl groups excluding tert-OH is 1. The van der Waals surface area contributed by atoms with Crippen LogP contribution in [0, 0.1) is 52.3 Å². The van der Waals surface area contributed by atoms with E-state index in [4.69, 9.17) is 9.47 Å². The summed E-state index contributed by atoms with van der Waals surface area (Å²) in [7, 11) is 0. The van der Waals surface area contributed by atoms with E-state index in [0.717, 1.165) is 49.5 Å². The molecule has 0 aromatic heterocycles. The van der Waals surface area contributed by atoms with Crippen molar-refractivity contribution in [2.45, 2.75) is 110 Å². The van der Waals surface area contributed by atoms with Crippen LogP contribution in [-0.2, 0) is 9.47 Å².